The Morgan fingerprint density at radius 3 is 2.54 bits per heavy atom. The molecule has 2 heterocycles. The smallest absolute Gasteiger partial charge is 0.251 e. The van der Waals surface area contributed by atoms with Gasteiger partial charge in [0.05, 0.1) is 13.1 Å². The molecule has 0 atom stereocenters. The lowest BCUT2D eigenvalue weighted by atomic mass is 10.1. The fraction of sp³-hybridized carbons (Fsp3) is 0.0952. The highest BCUT2D eigenvalue weighted by atomic mass is 35.5. The second-order valence-corrected chi connectivity index (χ2v) is 6.68. The standard InChI is InChI=1S/C21H17ClN4O2/c22-18-7-5-16(6-8-18)20-10-9-19(28-20)11-24-21(27)17-3-1-15(2-4-17)12-26-14-23-13-25-26/h1-10,13-14H,11-12H2,(H,24,27). The summed E-state index contributed by atoms with van der Waals surface area (Å²) in [6, 6.07) is 18.5. The molecule has 1 amide bonds. The van der Waals surface area contributed by atoms with Crippen molar-refractivity contribution in [1.82, 2.24) is 20.1 Å². The van der Waals surface area contributed by atoms with Crippen molar-refractivity contribution >= 4 is 17.5 Å². The quantitative estimate of drug-likeness (QED) is 0.534. The Morgan fingerprint density at radius 2 is 1.82 bits per heavy atom. The summed E-state index contributed by atoms with van der Waals surface area (Å²) < 4.78 is 7.53. The number of amides is 1. The highest BCUT2D eigenvalue weighted by molar-refractivity contribution is 6.30. The molecule has 2 aromatic heterocycles. The minimum Gasteiger partial charge on any atom is -0.459 e. The highest BCUT2D eigenvalue weighted by Crippen LogP contribution is 2.23. The van der Waals surface area contributed by atoms with Crippen LogP contribution in [0.25, 0.3) is 11.3 Å². The molecule has 2 aromatic carbocycles. The number of benzene rings is 2. The van der Waals surface area contributed by atoms with Gasteiger partial charge >= 0.3 is 0 Å². The number of nitrogens with zero attached hydrogens (tertiary/aromatic N) is 3. The predicted octanol–water partition coefficient (Wildman–Crippen LogP) is 4.17. The van der Waals surface area contributed by atoms with Crippen LogP contribution in [0.4, 0.5) is 0 Å². The molecule has 6 nitrogen and oxygen atoms in total. The maximum atomic E-state index is 12.4. The topological polar surface area (TPSA) is 73.0 Å². The third-order valence-corrected chi connectivity index (χ3v) is 4.49. The van der Waals surface area contributed by atoms with Crippen LogP contribution < -0.4 is 5.32 Å². The average molecular weight is 393 g/mol. The first-order valence-electron chi connectivity index (χ1n) is 8.71. The summed E-state index contributed by atoms with van der Waals surface area (Å²) >= 11 is 5.91. The van der Waals surface area contributed by atoms with Crippen LogP contribution in [0.2, 0.25) is 5.02 Å². The molecule has 7 heteroatoms. The lowest BCUT2D eigenvalue weighted by molar-refractivity contribution is 0.0948. The zero-order valence-corrected chi connectivity index (χ0v) is 15.6. The van der Waals surface area contributed by atoms with Gasteiger partial charge in [-0.2, -0.15) is 5.10 Å². The molecule has 0 fully saturated rings. The van der Waals surface area contributed by atoms with E-state index in [0.29, 0.717) is 29.4 Å². The van der Waals surface area contributed by atoms with Gasteiger partial charge in [-0.25, -0.2) is 9.67 Å². The Kier molecular flexibility index (Phi) is 5.21. The van der Waals surface area contributed by atoms with E-state index in [9.17, 15) is 4.79 Å². The van der Waals surface area contributed by atoms with Crippen molar-refractivity contribution in [3.8, 4) is 11.3 Å². The van der Waals surface area contributed by atoms with Crippen LogP contribution in [0.3, 0.4) is 0 Å². The van der Waals surface area contributed by atoms with Crippen molar-refractivity contribution in [3.05, 3.63) is 95.2 Å². The van der Waals surface area contributed by atoms with Gasteiger partial charge < -0.3 is 9.73 Å². The number of nitrogens with one attached hydrogen (secondary N) is 1. The number of carbonyl (C=O) groups is 1. The molecule has 4 rings (SSSR count). The van der Waals surface area contributed by atoms with Gasteiger partial charge in [-0.1, -0.05) is 23.7 Å². The molecule has 140 valence electrons. The molecular formula is C21H17ClN4O2. The molecule has 0 aliphatic rings. The zero-order chi connectivity index (χ0) is 19.3. The van der Waals surface area contributed by atoms with Gasteiger partial charge in [0, 0.05) is 16.1 Å². The summed E-state index contributed by atoms with van der Waals surface area (Å²) in [7, 11) is 0. The van der Waals surface area contributed by atoms with E-state index in [-0.39, 0.29) is 5.91 Å². The first-order valence-corrected chi connectivity index (χ1v) is 9.09. The van der Waals surface area contributed by atoms with Gasteiger partial charge in [0.2, 0.25) is 0 Å². The first-order chi connectivity index (χ1) is 13.7. The van der Waals surface area contributed by atoms with E-state index in [4.69, 9.17) is 16.0 Å². The van der Waals surface area contributed by atoms with Crippen molar-refractivity contribution in [3.63, 3.8) is 0 Å². The Labute approximate surface area is 166 Å². The molecule has 0 aliphatic heterocycles. The number of furan rings is 1. The third kappa shape index (κ3) is 4.29. The molecule has 0 aliphatic carbocycles. The van der Waals surface area contributed by atoms with Gasteiger partial charge in [0.25, 0.3) is 5.91 Å². The summed E-state index contributed by atoms with van der Waals surface area (Å²) in [6.07, 6.45) is 3.15. The van der Waals surface area contributed by atoms with Crippen molar-refractivity contribution in [1.29, 1.82) is 0 Å². The second-order valence-electron chi connectivity index (χ2n) is 6.25. The number of aromatic nitrogens is 3. The summed E-state index contributed by atoms with van der Waals surface area (Å²) in [5.41, 5.74) is 2.57. The van der Waals surface area contributed by atoms with Crippen molar-refractivity contribution < 1.29 is 9.21 Å². The zero-order valence-electron chi connectivity index (χ0n) is 14.9. The van der Waals surface area contributed by atoms with E-state index < -0.39 is 0 Å². The molecule has 0 saturated heterocycles. The minimum atomic E-state index is -0.156. The summed E-state index contributed by atoms with van der Waals surface area (Å²) in [6.45, 7) is 0.925. The van der Waals surface area contributed by atoms with Gasteiger partial charge in [-0.15, -0.1) is 0 Å². The number of hydrogen-bond donors (Lipinski definition) is 1. The maximum absolute atomic E-state index is 12.4. The van der Waals surface area contributed by atoms with E-state index >= 15 is 0 Å². The molecular weight excluding hydrogens is 376 g/mol. The summed E-state index contributed by atoms with van der Waals surface area (Å²) in [5.74, 6) is 1.26. The number of carbonyl (C=O) groups excluding carboxylic acids is 1. The van der Waals surface area contributed by atoms with E-state index in [1.54, 1.807) is 23.1 Å². The van der Waals surface area contributed by atoms with E-state index in [0.717, 1.165) is 16.9 Å². The van der Waals surface area contributed by atoms with Crippen LogP contribution in [-0.4, -0.2) is 20.7 Å². The van der Waals surface area contributed by atoms with Crippen LogP contribution in [0.5, 0.6) is 0 Å². The van der Waals surface area contributed by atoms with Gasteiger partial charge in [-0.3, -0.25) is 4.79 Å². The lowest BCUT2D eigenvalue weighted by Gasteiger charge is -2.05. The Morgan fingerprint density at radius 1 is 1.04 bits per heavy atom. The van der Waals surface area contributed by atoms with Crippen LogP contribution in [-0.2, 0) is 13.1 Å². The van der Waals surface area contributed by atoms with Crippen LogP contribution >= 0.6 is 11.6 Å². The van der Waals surface area contributed by atoms with E-state index in [2.05, 4.69) is 15.4 Å². The molecule has 0 spiro atoms. The second kappa shape index (κ2) is 8.10. The normalized spacial score (nSPS) is 10.8. The Bertz CT molecular complexity index is 1050. The predicted molar refractivity (Wildman–Crippen MR) is 106 cm³/mol. The van der Waals surface area contributed by atoms with Crippen molar-refractivity contribution in [2.24, 2.45) is 0 Å². The number of rotatable bonds is 6. The Balaban J connectivity index is 1.34. The van der Waals surface area contributed by atoms with Crippen LogP contribution in [0, 0.1) is 0 Å². The molecule has 0 bridgehead atoms. The van der Waals surface area contributed by atoms with Gasteiger partial charge in [-0.05, 0) is 54.1 Å². The molecule has 4 aromatic rings. The lowest BCUT2D eigenvalue weighted by Crippen LogP contribution is -2.22. The monoisotopic (exact) mass is 392 g/mol. The highest BCUT2D eigenvalue weighted by Gasteiger charge is 2.09. The van der Waals surface area contributed by atoms with Gasteiger partial charge in [0.1, 0.15) is 24.2 Å². The van der Waals surface area contributed by atoms with Gasteiger partial charge in [0.15, 0.2) is 0 Å². The average Bonchev–Trinajstić information content (AvgIpc) is 3.39. The largest absolute Gasteiger partial charge is 0.459 e. The first kappa shape index (κ1) is 18.0. The minimum absolute atomic E-state index is 0.156. The van der Waals surface area contributed by atoms with Crippen LogP contribution in [0.1, 0.15) is 21.7 Å². The van der Waals surface area contributed by atoms with E-state index in [1.807, 2.05) is 48.5 Å². The van der Waals surface area contributed by atoms with Crippen LogP contribution in [0.15, 0.2) is 77.7 Å². The SMILES string of the molecule is O=C(NCc1ccc(-c2ccc(Cl)cc2)o1)c1ccc(Cn2cncn2)cc1. The maximum Gasteiger partial charge on any atom is 0.251 e. The van der Waals surface area contributed by atoms with E-state index in [1.165, 1.54) is 6.33 Å². The third-order valence-electron chi connectivity index (χ3n) is 4.24. The molecule has 0 radical (unpaired) electrons. The fourth-order valence-corrected chi connectivity index (χ4v) is 2.90. The summed E-state index contributed by atoms with van der Waals surface area (Å²) in [4.78, 5) is 16.3. The number of halogens is 1. The summed E-state index contributed by atoms with van der Waals surface area (Å²) in [5, 5.41) is 7.62. The molecule has 0 unspecified atom stereocenters. The fourth-order valence-electron chi connectivity index (χ4n) is 2.77. The number of hydrogen-bond acceptors (Lipinski definition) is 4. The van der Waals surface area contributed by atoms with Crippen molar-refractivity contribution in [2.45, 2.75) is 13.1 Å². The molecule has 1 N–H and O–H groups in total. The van der Waals surface area contributed by atoms with Crippen molar-refractivity contribution in [2.75, 3.05) is 0 Å². The molecule has 28 heavy (non-hydrogen) atoms. The Hall–Kier alpha value is -3.38. The molecule has 0 saturated carbocycles.